The fourth-order valence-electron chi connectivity index (χ4n) is 1.75. The van der Waals surface area contributed by atoms with Gasteiger partial charge in [0.05, 0.1) is 11.0 Å². The minimum absolute atomic E-state index is 0.253. The van der Waals surface area contributed by atoms with Crippen LogP contribution < -0.4 is 5.32 Å². The lowest BCUT2D eigenvalue weighted by molar-refractivity contribution is -0.150. The smallest absolute Gasteiger partial charge is 0.311 e. The first-order chi connectivity index (χ1) is 9.61. The van der Waals surface area contributed by atoms with Crippen molar-refractivity contribution in [2.75, 3.05) is 6.26 Å². The van der Waals surface area contributed by atoms with E-state index in [1.165, 1.54) is 0 Å². The summed E-state index contributed by atoms with van der Waals surface area (Å²) in [6.45, 7) is 6.68. The molecule has 0 fully saturated rings. The first-order valence-corrected chi connectivity index (χ1v) is 8.15. The van der Waals surface area contributed by atoms with Crippen LogP contribution in [0.5, 0.6) is 0 Å². The molecule has 0 aliphatic rings. The van der Waals surface area contributed by atoms with E-state index in [1.807, 2.05) is 24.5 Å². The van der Waals surface area contributed by atoms with Gasteiger partial charge in [0.15, 0.2) is 0 Å². The fraction of sp³-hybridized carbons (Fsp3) is 0.500. The number of benzene rings is 1. The summed E-state index contributed by atoms with van der Waals surface area (Å²) < 4.78 is 0. The highest BCUT2D eigenvalue weighted by Gasteiger charge is 2.44. The van der Waals surface area contributed by atoms with Crippen molar-refractivity contribution in [3.63, 3.8) is 0 Å². The number of rotatable bonds is 6. The summed E-state index contributed by atoms with van der Waals surface area (Å²) >= 11 is 1.69. The highest BCUT2D eigenvalue weighted by molar-refractivity contribution is 7.97. The molecule has 1 aromatic carbocycles. The molecule has 0 spiro atoms. The molecular formula is C16H23NO3S. The molecule has 1 aromatic rings. The summed E-state index contributed by atoms with van der Waals surface area (Å²) in [7, 11) is 0. The average molecular weight is 309 g/mol. The molecule has 2 N–H and O–H groups in total. The quantitative estimate of drug-likeness (QED) is 0.847. The zero-order chi connectivity index (χ0) is 16.3. The average Bonchev–Trinajstić information content (AvgIpc) is 2.38. The molecule has 0 saturated heterocycles. The molecule has 0 unspecified atom stereocenters. The minimum Gasteiger partial charge on any atom is -0.481 e. The van der Waals surface area contributed by atoms with Gasteiger partial charge in [-0.3, -0.25) is 9.59 Å². The summed E-state index contributed by atoms with van der Waals surface area (Å²) in [4.78, 5) is 23.7. The van der Waals surface area contributed by atoms with Gasteiger partial charge in [-0.05, 0) is 51.6 Å². The van der Waals surface area contributed by atoms with Gasteiger partial charge in [0.1, 0.15) is 0 Å². The Kier molecular flexibility index (Phi) is 5.45. The lowest BCUT2D eigenvalue weighted by atomic mass is 9.74. The molecule has 0 aromatic heterocycles. The Hall–Kier alpha value is -1.49. The van der Waals surface area contributed by atoms with E-state index in [-0.39, 0.29) is 5.91 Å². The van der Waals surface area contributed by atoms with Gasteiger partial charge in [-0.1, -0.05) is 12.1 Å². The summed E-state index contributed by atoms with van der Waals surface area (Å²) in [5, 5.41) is 12.2. The van der Waals surface area contributed by atoms with Gasteiger partial charge in [0.2, 0.25) is 0 Å². The number of carboxylic acid groups (broad SMARTS) is 1. The molecule has 1 amide bonds. The lowest BCUT2D eigenvalue weighted by Gasteiger charge is -2.38. The van der Waals surface area contributed by atoms with E-state index in [0.717, 1.165) is 11.3 Å². The Morgan fingerprint density at radius 2 is 1.86 bits per heavy atom. The van der Waals surface area contributed by atoms with E-state index in [9.17, 15) is 14.7 Å². The van der Waals surface area contributed by atoms with E-state index < -0.39 is 16.9 Å². The first kappa shape index (κ1) is 17.6. The summed E-state index contributed by atoms with van der Waals surface area (Å²) in [5.74, 6) is -0.355. The van der Waals surface area contributed by atoms with E-state index in [4.69, 9.17) is 0 Å². The molecule has 4 nitrogen and oxygen atoms in total. The van der Waals surface area contributed by atoms with Gasteiger partial charge < -0.3 is 10.4 Å². The normalized spacial score (nSPS) is 12.0. The largest absolute Gasteiger partial charge is 0.481 e. The number of thioether (sulfide) groups is 1. The third-order valence-corrected chi connectivity index (χ3v) is 4.65. The Bertz CT molecular complexity index is 538. The van der Waals surface area contributed by atoms with Crippen LogP contribution in [0.4, 0.5) is 0 Å². The Morgan fingerprint density at radius 3 is 2.38 bits per heavy atom. The van der Waals surface area contributed by atoms with Crippen molar-refractivity contribution in [3.8, 4) is 0 Å². The van der Waals surface area contributed by atoms with Crippen LogP contribution in [0.15, 0.2) is 24.3 Å². The number of carbonyl (C=O) groups is 2. The Balaban J connectivity index is 2.95. The van der Waals surface area contributed by atoms with Crippen molar-refractivity contribution >= 4 is 23.6 Å². The van der Waals surface area contributed by atoms with Crippen LogP contribution in [-0.4, -0.2) is 28.8 Å². The van der Waals surface area contributed by atoms with Gasteiger partial charge in [-0.25, -0.2) is 0 Å². The predicted octanol–water partition coefficient (Wildman–Crippen LogP) is 3.17. The molecule has 0 bridgehead atoms. The molecule has 0 atom stereocenters. The van der Waals surface area contributed by atoms with Crippen molar-refractivity contribution in [2.45, 2.75) is 39.0 Å². The topological polar surface area (TPSA) is 66.4 Å². The monoisotopic (exact) mass is 309 g/mol. The van der Waals surface area contributed by atoms with Crippen molar-refractivity contribution < 1.29 is 14.7 Å². The maximum absolute atomic E-state index is 12.4. The molecule has 0 aliphatic carbocycles. The Labute approximate surface area is 130 Å². The second-order valence-electron chi connectivity index (χ2n) is 6.14. The third kappa shape index (κ3) is 4.00. The van der Waals surface area contributed by atoms with Crippen LogP contribution in [0.25, 0.3) is 0 Å². The molecule has 116 valence electrons. The van der Waals surface area contributed by atoms with Gasteiger partial charge in [0, 0.05) is 11.3 Å². The second-order valence-corrected chi connectivity index (χ2v) is 7.01. The molecule has 1 rings (SSSR count). The van der Waals surface area contributed by atoms with Crippen molar-refractivity contribution in [2.24, 2.45) is 5.41 Å². The van der Waals surface area contributed by atoms with Crippen LogP contribution >= 0.6 is 11.8 Å². The van der Waals surface area contributed by atoms with Crippen molar-refractivity contribution in [1.29, 1.82) is 0 Å². The summed E-state index contributed by atoms with van der Waals surface area (Å²) in [6, 6.07) is 7.40. The van der Waals surface area contributed by atoms with Crippen LogP contribution in [0, 0.1) is 5.41 Å². The molecule has 0 saturated carbocycles. The van der Waals surface area contributed by atoms with Crippen LogP contribution in [0.1, 0.15) is 43.6 Å². The molecule has 5 heteroatoms. The minimum atomic E-state index is -1.07. The predicted molar refractivity (Wildman–Crippen MR) is 86.6 cm³/mol. The molecule has 0 aliphatic heterocycles. The summed E-state index contributed by atoms with van der Waals surface area (Å²) in [6.07, 6.45) is 2.01. The third-order valence-electron chi connectivity index (χ3n) is 4.02. The van der Waals surface area contributed by atoms with Crippen LogP contribution in [-0.2, 0) is 10.5 Å². The molecule has 21 heavy (non-hydrogen) atoms. The zero-order valence-electron chi connectivity index (χ0n) is 13.2. The number of hydrogen-bond acceptors (Lipinski definition) is 3. The van der Waals surface area contributed by atoms with E-state index >= 15 is 0 Å². The van der Waals surface area contributed by atoms with E-state index in [1.54, 1.807) is 45.5 Å². The number of amides is 1. The maximum atomic E-state index is 12.4. The van der Waals surface area contributed by atoms with Crippen LogP contribution in [0.3, 0.4) is 0 Å². The number of nitrogens with one attached hydrogen (secondary N) is 1. The van der Waals surface area contributed by atoms with E-state index in [2.05, 4.69) is 5.32 Å². The first-order valence-electron chi connectivity index (χ1n) is 6.75. The standard InChI is InChI=1S/C16H23NO3S/c1-15(2,14(19)20)16(3,4)17-13(18)12-8-6-7-11(9-12)10-21-5/h6-9H,10H2,1-5H3,(H,17,18)(H,19,20). The number of carbonyl (C=O) groups excluding carboxylic acids is 1. The van der Waals surface area contributed by atoms with Gasteiger partial charge >= 0.3 is 5.97 Å². The molecule has 0 radical (unpaired) electrons. The molecular weight excluding hydrogens is 286 g/mol. The lowest BCUT2D eigenvalue weighted by Crippen LogP contribution is -2.56. The van der Waals surface area contributed by atoms with Gasteiger partial charge in [-0.2, -0.15) is 11.8 Å². The highest BCUT2D eigenvalue weighted by Crippen LogP contribution is 2.31. The molecule has 0 heterocycles. The second kappa shape index (κ2) is 6.52. The highest BCUT2D eigenvalue weighted by atomic mass is 32.2. The SMILES string of the molecule is CSCc1cccc(C(=O)NC(C)(C)C(C)(C)C(=O)O)c1. The van der Waals surface area contributed by atoms with Gasteiger partial charge in [-0.15, -0.1) is 0 Å². The van der Waals surface area contributed by atoms with Crippen molar-refractivity contribution in [1.82, 2.24) is 5.32 Å². The van der Waals surface area contributed by atoms with Crippen LogP contribution in [0.2, 0.25) is 0 Å². The van der Waals surface area contributed by atoms with Crippen molar-refractivity contribution in [3.05, 3.63) is 35.4 Å². The maximum Gasteiger partial charge on any atom is 0.311 e. The Morgan fingerprint density at radius 1 is 1.24 bits per heavy atom. The van der Waals surface area contributed by atoms with Gasteiger partial charge in [0.25, 0.3) is 5.91 Å². The number of aliphatic carboxylic acids is 1. The zero-order valence-corrected chi connectivity index (χ0v) is 14.0. The number of hydrogen-bond donors (Lipinski definition) is 2. The summed E-state index contributed by atoms with van der Waals surface area (Å²) in [5.41, 5.74) is -0.313. The fourth-order valence-corrected chi connectivity index (χ4v) is 2.26. The van der Waals surface area contributed by atoms with E-state index in [0.29, 0.717) is 5.56 Å². The number of carboxylic acids is 1.